The van der Waals surface area contributed by atoms with Crippen LogP contribution in [0.25, 0.3) is 0 Å². The Morgan fingerprint density at radius 2 is 1.60 bits per heavy atom. The molecule has 6 nitrogen and oxygen atoms in total. The molecule has 0 fully saturated rings. The van der Waals surface area contributed by atoms with Crippen molar-refractivity contribution in [3.05, 3.63) is 108 Å². The molecule has 30 heavy (non-hydrogen) atoms. The number of allylic oxidation sites excluding steroid dienone is 6. The average molecular weight is 401 g/mol. The molecule has 2 unspecified atom stereocenters. The highest BCUT2D eigenvalue weighted by Crippen LogP contribution is 2.30. The topological polar surface area (TPSA) is 95.9 Å². The molecule has 0 radical (unpaired) electrons. The minimum Gasteiger partial charge on any atom is -0.508 e. The van der Waals surface area contributed by atoms with Crippen molar-refractivity contribution < 1.29 is 24.5 Å². The van der Waals surface area contributed by atoms with E-state index in [9.17, 15) is 19.8 Å². The van der Waals surface area contributed by atoms with E-state index in [1.165, 1.54) is 6.07 Å². The van der Waals surface area contributed by atoms with Gasteiger partial charge in [0.15, 0.2) is 0 Å². The zero-order valence-corrected chi connectivity index (χ0v) is 15.9. The SMILES string of the molecule is O=C(Nc1ccccc1C(=O)O)c1ccc(OC2=CC3C=CC(O)=CC3C=C2)cc1. The highest BCUT2D eigenvalue weighted by molar-refractivity contribution is 6.07. The van der Waals surface area contributed by atoms with Gasteiger partial charge in [0, 0.05) is 17.4 Å². The molecule has 0 saturated heterocycles. The Morgan fingerprint density at radius 3 is 2.37 bits per heavy atom. The molecule has 2 aliphatic carbocycles. The van der Waals surface area contributed by atoms with E-state index in [0.717, 1.165) is 0 Å². The Hall–Kier alpha value is -4.06. The van der Waals surface area contributed by atoms with E-state index < -0.39 is 11.9 Å². The third kappa shape index (κ3) is 4.17. The summed E-state index contributed by atoms with van der Waals surface area (Å²) in [7, 11) is 0. The number of aliphatic hydroxyl groups is 1. The fraction of sp³-hybridized carbons (Fsp3) is 0.0833. The number of rotatable bonds is 5. The number of carbonyl (C=O) groups excluding carboxylic acids is 1. The fourth-order valence-electron chi connectivity index (χ4n) is 3.36. The lowest BCUT2D eigenvalue weighted by Crippen LogP contribution is -2.15. The maximum atomic E-state index is 12.5. The Morgan fingerprint density at radius 1 is 0.900 bits per heavy atom. The Labute approximate surface area is 173 Å². The molecule has 2 aliphatic rings. The van der Waals surface area contributed by atoms with Crippen LogP contribution >= 0.6 is 0 Å². The van der Waals surface area contributed by atoms with E-state index in [2.05, 4.69) is 5.32 Å². The number of nitrogens with one attached hydrogen (secondary N) is 1. The van der Waals surface area contributed by atoms with Gasteiger partial charge in [0.05, 0.1) is 11.3 Å². The second-order valence-electron chi connectivity index (χ2n) is 6.96. The molecule has 0 spiro atoms. The normalized spacial score (nSPS) is 19.3. The van der Waals surface area contributed by atoms with Gasteiger partial charge in [-0.3, -0.25) is 4.79 Å². The molecule has 4 rings (SSSR count). The van der Waals surface area contributed by atoms with E-state index in [1.54, 1.807) is 54.6 Å². The minimum atomic E-state index is -1.11. The van der Waals surface area contributed by atoms with Crippen molar-refractivity contribution in [1.29, 1.82) is 0 Å². The second-order valence-corrected chi connectivity index (χ2v) is 6.96. The molecule has 1 amide bonds. The fourth-order valence-corrected chi connectivity index (χ4v) is 3.36. The van der Waals surface area contributed by atoms with E-state index in [4.69, 9.17) is 4.74 Å². The first-order valence-corrected chi connectivity index (χ1v) is 9.40. The minimum absolute atomic E-state index is 0.0278. The Bertz CT molecular complexity index is 1110. The van der Waals surface area contributed by atoms with Gasteiger partial charge < -0.3 is 20.3 Å². The quantitative estimate of drug-likeness (QED) is 0.674. The van der Waals surface area contributed by atoms with Crippen molar-refractivity contribution in [2.75, 3.05) is 5.32 Å². The average Bonchev–Trinajstić information content (AvgIpc) is 2.74. The highest BCUT2D eigenvalue weighted by Gasteiger charge is 2.21. The van der Waals surface area contributed by atoms with Gasteiger partial charge in [-0.1, -0.05) is 24.3 Å². The summed E-state index contributed by atoms with van der Waals surface area (Å²) in [6, 6.07) is 12.8. The van der Waals surface area contributed by atoms with E-state index >= 15 is 0 Å². The van der Waals surface area contributed by atoms with Crippen molar-refractivity contribution >= 4 is 17.6 Å². The van der Waals surface area contributed by atoms with Gasteiger partial charge in [-0.25, -0.2) is 4.79 Å². The van der Waals surface area contributed by atoms with Crippen molar-refractivity contribution in [2.45, 2.75) is 0 Å². The van der Waals surface area contributed by atoms with Crippen LogP contribution in [0.3, 0.4) is 0 Å². The van der Waals surface area contributed by atoms with Gasteiger partial charge in [-0.15, -0.1) is 0 Å². The molecular weight excluding hydrogens is 382 g/mol. The van der Waals surface area contributed by atoms with Gasteiger partial charge in [0.25, 0.3) is 5.91 Å². The summed E-state index contributed by atoms with van der Waals surface area (Å²) in [5, 5.41) is 21.4. The number of anilines is 1. The maximum absolute atomic E-state index is 12.5. The van der Waals surface area contributed by atoms with E-state index in [1.807, 2.05) is 24.3 Å². The number of carbonyl (C=O) groups is 2. The number of hydrogen-bond donors (Lipinski definition) is 3. The van der Waals surface area contributed by atoms with Crippen LogP contribution in [0.1, 0.15) is 20.7 Å². The number of ether oxygens (including phenoxy) is 1. The van der Waals surface area contributed by atoms with Crippen molar-refractivity contribution in [2.24, 2.45) is 11.8 Å². The number of carboxylic acid groups (broad SMARTS) is 1. The molecule has 2 atom stereocenters. The highest BCUT2D eigenvalue weighted by atomic mass is 16.5. The summed E-state index contributed by atoms with van der Waals surface area (Å²) in [6.07, 6.45) is 11.2. The van der Waals surface area contributed by atoms with Gasteiger partial charge in [-0.2, -0.15) is 0 Å². The van der Waals surface area contributed by atoms with Crippen LogP contribution in [0.2, 0.25) is 0 Å². The summed E-state index contributed by atoms with van der Waals surface area (Å²) < 4.78 is 5.88. The van der Waals surface area contributed by atoms with Crippen LogP contribution in [0.5, 0.6) is 5.75 Å². The third-order valence-electron chi connectivity index (χ3n) is 4.89. The van der Waals surface area contributed by atoms with E-state index in [0.29, 0.717) is 17.1 Å². The third-order valence-corrected chi connectivity index (χ3v) is 4.89. The summed E-state index contributed by atoms with van der Waals surface area (Å²) in [6.45, 7) is 0. The van der Waals surface area contributed by atoms with Crippen LogP contribution in [0.15, 0.2) is 96.5 Å². The lowest BCUT2D eigenvalue weighted by molar-refractivity contribution is 0.0698. The summed E-state index contributed by atoms with van der Waals surface area (Å²) >= 11 is 0. The smallest absolute Gasteiger partial charge is 0.337 e. The molecule has 0 heterocycles. The van der Waals surface area contributed by atoms with E-state index in [-0.39, 0.29) is 28.8 Å². The number of carboxylic acids is 1. The van der Waals surface area contributed by atoms with Crippen LogP contribution in [-0.4, -0.2) is 22.1 Å². The molecule has 0 aliphatic heterocycles. The summed E-state index contributed by atoms with van der Waals surface area (Å²) in [5.74, 6) is 0.243. The van der Waals surface area contributed by atoms with Crippen molar-refractivity contribution in [1.82, 2.24) is 0 Å². The lowest BCUT2D eigenvalue weighted by Gasteiger charge is -2.23. The number of aromatic carboxylic acids is 1. The molecular formula is C24H19NO5. The monoisotopic (exact) mass is 401 g/mol. The van der Waals surface area contributed by atoms with Crippen molar-refractivity contribution in [3.63, 3.8) is 0 Å². The first-order chi connectivity index (χ1) is 14.5. The molecule has 2 aromatic rings. The van der Waals surface area contributed by atoms with Crippen LogP contribution in [0.4, 0.5) is 5.69 Å². The summed E-state index contributed by atoms with van der Waals surface area (Å²) in [5.41, 5.74) is 0.648. The standard InChI is InChI=1S/C24H19NO5/c26-18-9-5-17-14-20(12-8-16(17)13-18)30-19-10-6-15(7-11-19)23(27)25-22-4-2-1-3-21(22)24(28)29/h1-14,16-17,26H,(H,25,27)(H,28,29). The van der Waals surface area contributed by atoms with Crippen LogP contribution < -0.4 is 10.1 Å². The molecule has 150 valence electrons. The number of fused-ring (bicyclic) bond motifs is 1. The van der Waals surface area contributed by atoms with Gasteiger partial charge in [0.2, 0.25) is 0 Å². The maximum Gasteiger partial charge on any atom is 0.337 e. The van der Waals surface area contributed by atoms with Gasteiger partial charge in [0.1, 0.15) is 17.3 Å². The zero-order valence-electron chi connectivity index (χ0n) is 15.9. The first-order valence-electron chi connectivity index (χ1n) is 9.40. The number of para-hydroxylation sites is 1. The number of aliphatic hydroxyl groups excluding tert-OH is 1. The number of amides is 1. The largest absolute Gasteiger partial charge is 0.508 e. The van der Waals surface area contributed by atoms with Crippen LogP contribution in [-0.2, 0) is 0 Å². The molecule has 0 saturated carbocycles. The van der Waals surface area contributed by atoms with Crippen LogP contribution in [0, 0.1) is 11.8 Å². The predicted octanol–water partition coefficient (Wildman–Crippen LogP) is 4.71. The molecule has 0 bridgehead atoms. The molecule has 3 N–H and O–H groups in total. The zero-order chi connectivity index (χ0) is 21.1. The lowest BCUT2D eigenvalue weighted by atomic mass is 9.84. The van der Waals surface area contributed by atoms with Gasteiger partial charge >= 0.3 is 5.97 Å². The molecule has 6 heteroatoms. The summed E-state index contributed by atoms with van der Waals surface area (Å²) in [4.78, 5) is 23.8. The number of hydrogen-bond acceptors (Lipinski definition) is 4. The predicted molar refractivity (Wildman–Crippen MR) is 112 cm³/mol. The molecule has 0 aromatic heterocycles. The van der Waals surface area contributed by atoms with Crippen molar-refractivity contribution in [3.8, 4) is 5.75 Å². The first kappa shape index (κ1) is 19.3. The second kappa shape index (κ2) is 8.13. The molecule has 2 aromatic carbocycles. The Balaban J connectivity index is 1.43. The number of benzene rings is 2. The Kier molecular flexibility index (Phi) is 5.22. The van der Waals surface area contributed by atoms with Gasteiger partial charge in [-0.05, 0) is 60.7 Å².